The molecule has 0 saturated heterocycles. The summed E-state index contributed by atoms with van der Waals surface area (Å²) >= 11 is 4.52. The Bertz CT molecular complexity index is 1120. The number of hydrogen-bond acceptors (Lipinski definition) is 18. The van der Waals surface area contributed by atoms with E-state index in [1.807, 2.05) is 0 Å². The Kier molecular flexibility index (Phi) is 31.5. The molecule has 0 aromatic heterocycles. The molecule has 1 aromatic carbocycles. The highest BCUT2D eigenvalue weighted by Gasteiger charge is 2.25. The molecule has 0 heterocycles. The first-order valence-corrected chi connectivity index (χ1v) is 28.4. The maximum atomic E-state index is 12.7. The summed E-state index contributed by atoms with van der Waals surface area (Å²) in [6, 6.07) is 4.92. The first-order chi connectivity index (χ1) is 27.3. The minimum atomic E-state index is -3.10. The van der Waals surface area contributed by atoms with E-state index in [-0.39, 0.29) is 19.8 Å². The summed E-state index contributed by atoms with van der Waals surface area (Å²) in [6.45, 7) is 12.5. The largest absolute Gasteiger partial charge is 0.491 e. The molecule has 3 atom stereocenters. The lowest BCUT2D eigenvalue weighted by Gasteiger charge is -2.18. The summed E-state index contributed by atoms with van der Waals surface area (Å²) in [5.41, 5.74) is 0. The predicted molar refractivity (Wildman–Crippen MR) is 234 cm³/mol. The van der Waals surface area contributed by atoms with Gasteiger partial charge in [-0.2, -0.15) is 35.3 Å². The van der Waals surface area contributed by atoms with Crippen LogP contribution in [0.25, 0.3) is 0 Å². The van der Waals surface area contributed by atoms with Gasteiger partial charge in [-0.3, -0.25) is 13.7 Å². The number of hydrogen-bond donors (Lipinski definition) is 3. The molecule has 1 aromatic rings. The molecule has 57 heavy (non-hydrogen) atoms. The predicted octanol–water partition coefficient (Wildman–Crippen LogP) is 8.07. The normalized spacial score (nSPS) is 14.1. The Hall–Kier alpha value is -0.000000000000000132. The van der Waals surface area contributed by atoms with Gasteiger partial charge in [0.05, 0.1) is 76.4 Å². The second-order valence-corrected chi connectivity index (χ2v) is 22.3. The Balaban J connectivity index is 2.74. The van der Waals surface area contributed by atoms with Gasteiger partial charge in [0.25, 0.3) is 0 Å². The smallest absolute Gasteiger partial charge is 0.330 e. The van der Waals surface area contributed by atoms with Crippen molar-refractivity contribution in [2.75, 3.05) is 112 Å². The minimum Gasteiger partial charge on any atom is -0.491 e. The van der Waals surface area contributed by atoms with E-state index in [1.165, 1.54) is 35.3 Å². The molecule has 0 radical (unpaired) electrons. The average Bonchev–Trinajstić information content (AvgIpc) is 3.15. The maximum Gasteiger partial charge on any atom is 0.330 e. The van der Waals surface area contributed by atoms with Gasteiger partial charge < -0.3 is 56.7 Å². The van der Waals surface area contributed by atoms with E-state index in [0.717, 1.165) is 0 Å². The summed E-state index contributed by atoms with van der Waals surface area (Å²) in [4.78, 5) is 0. The highest BCUT2D eigenvalue weighted by molar-refractivity contribution is 7.99. The second kappa shape index (κ2) is 32.7. The molecule has 15 nitrogen and oxygen atoms in total. The lowest BCUT2D eigenvalue weighted by molar-refractivity contribution is 0.117. The maximum absolute atomic E-state index is 12.7. The topological polar surface area (TPSA) is 195 Å². The van der Waals surface area contributed by atoms with Gasteiger partial charge in [0.1, 0.15) is 37.1 Å². The van der Waals surface area contributed by atoms with Crippen molar-refractivity contribution in [3.05, 3.63) is 18.2 Å². The lowest BCUT2D eigenvalue weighted by Crippen LogP contribution is -2.22. The third kappa shape index (κ3) is 26.8. The van der Waals surface area contributed by atoms with Gasteiger partial charge in [0.2, 0.25) is 0 Å². The van der Waals surface area contributed by atoms with Crippen molar-refractivity contribution in [1.82, 2.24) is 0 Å². The Morgan fingerprint density at radius 3 is 0.895 bits per heavy atom. The Morgan fingerprint density at radius 1 is 0.456 bits per heavy atom. The summed E-state index contributed by atoms with van der Waals surface area (Å²) in [5.74, 6) is 4.27. The lowest BCUT2D eigenvalue weighted by atomic mass is 10.3. The molecule has 0 bridgehead atoms. The standard InChI is InChI=1S/C36H69O15P3S3/c1-7-46-52(40,47-8-2)16-13-19-55-28-31(37)25-43-34-22-35(44-26-32(38)29-56-20-14-17-53(41,48-9-3)49-10-4)24-36(23-34)45-27-33(39)30-57-21-15-18-54(42,50-11-5)51-12-6/h22-24,31-33,37-39H,7-21,25-30H2,1-6H3. The fraction of sp³-hybridized carbons (Fsp3) is 0.833. The van der Waals surface area contributed by atoms with E-state index in [2.05, 4.69) is 0 Å². The summed E-state index contributed by atoms with van der Waals surface area (Å²) in [7, 11) is -9.31. The van der Waals surface area contributed by atoms with Gasteiger partial charge in [-0.1, -0.05) is 0 Å². The molecule has 1 rings (SSSR count). The molecule has 3 N–H and O–H groups in total. The van der Waals surface area contributed by atoms with Gasteiger partial charge >= 0.3 is 22.8 Å². The summed E-state index contributed by atoms with van der Waals surface area (Å²) in [5, 5.41) is 31.9. The quantitative estimate of drug-likeness (QED) is 0.0423. The van der Waals surface area contributed by atoms with Crippen molar-refractivity contribution in [3.63, 3.8) is 0 Å². The van der Waals surface area contributed by atoms with Gasteiger partial charge in [-0.05, 0) is 78.1 Å². The number of aliphatic hydroxyl groups is 3. The molecule has 21 heteroatoms. The van der Waals surface area contributed by atoms with Crippen LogP contribution < -0.4 is 14.2 Å². The van der Waals surface area contributed by atoms with Crippen LogP contribution in [0.3, 0.4) is 0 Å². The van der Waals surface area contributed by atoms with E-state index in [9.17, 15) is 29.0 Å². The third-order valence-corrected chi connectivity index (χ3v) is 17.3. The van der Waals surface area contributed by atoms with Gasteiger partial charge in [0.15, 0.2) is 0 Å². The van der Waals surface area contributed by atoms with Crippen LogP contribution in [0.4, 0.5) is 0 Å². The fourth-order valence-electron chi connectivity index (χ4n) is 4.94. The molecule has 0 amide bonds. The third-order valence-electron chi connectivity index (χ3n) is 7.23. The van der Waals surface area contributed by atoms with Crippen molar-refractivity contribution in [2.24, 2.45) is 0 Å². The molecule has 0 aliphatic carbocycles. The van der Waals surface area contributed by atoms with E-state index >= 15 is 0 Å². The Labute approximate surface area is 354 Å². The van der Waals surface area contributed by atoms with E-state index < -0.39 is 41.1 Å². The van der Waals surface area contributed by atoms with Crippen LogP contribution in [0.2, 0.25) is 0 Å². The van der Waals surface area contributed by atoms with Crippen LogP contribution in [-0.4, -0.2) is 146 Å². The van der Waals surface area contributed by atoms with Crippen molar-refractivity contribution < 1.29 is 70.4 Å². The molecule has 3 unspecified atom stereocenters. The first-order valence-electron chi connectivity index (χ1n) is 19.7. The van der Waals surface area contributed by atoms with E-state index in [1.54, 1.807) is 59.7 Å². The highest BCUT2D eigenvalue weighted by atomic mass is 32.2. The van der Waals surface area contributed by atoms with Crippen LogP contribution in [0.5, 0.6) is 17.2 Å². The van der Waals surface area contributed by atoms with Gasteiger partial charge in [-0.25, -0.2) is 0 Å². The van der Waals surface area contributed by atoms with Crippen LogP contribution in [0.15, 0.2) is 18.2 Å². The molecule has 0 spiro atoms. The number of benzene rings is 1. The van der Waals surface area contributed by atoms with E-state index in [4.69, 9.17) is 41.4 Å². The first kappa shape index (κ1) is 55.0. The number of rotatable bonds is 39. The highest BCUT2D eigenvalue weighted by Crippen LogP contribution is 2.50. The van der Waals surface area contributed by atoms with Crippen LogP contribution in [0.1, 0.15) is 60.8 Å². The van der Waals surface area contributed by atoms with Crippen molar-refractivity contribution in [1.29, 1.82) is 0 Å². The molecule has 0 aliphatic heterocycles. The van der Waals surface area contributed by atoms with Gasteiger partial charge in [0, 0.05) is 35.5 Å². The molecule has 0 aliphatic rings. The Morgan fingerprint density at radius 2 is 0.684 bits per heavy atom. The van der Waals surface area contributed by atoms with Gasteiger partial charge in [-0.15, -0.1) is 0 Å². The van der Waals surface area contributed by atoms with Crippen molar-refractivity contribution >= 4 is 58.1 Å². The number of aliphatic hydroxyl groups excluding tert-OH is 3. The van der Waals surface area contributed by atoms with Crippen molar-refractivity contribution in [2.45, 2.75) is 79.1 Å². The average molecular weight is 931 g/mol. The molecular formula is C36H69O15P3S3. The summed E-state index contributed by atoms with van der Waals surface area (Å²) in [6.07, 6.45) is 0.376. The van der Waals surface area contributed by atoms with E-state index in [0.29, 0.717) is 129 Å². The SMILES string of the molecule is CCOP(=O)(CCCSCC(O)COc1cc(OCC(O)CSCCCP(=O)(OCC)OCC)cc(OCC(O)CSCCCP(=O)(OCC)OCC)c1)OCC. The molecular weight excluding hydrogens is 862 g/mol. The van der Waals surface area contributed by atoms with Crippen LogP contribution in [0, 0.1) is 0 Å². The zero-order chi connectivity index (χ0) is 42.4. The zero-order valence-electron chi connectivity index (χ0n) is 34.6. The summed E-state index contributed by atoms with van der Waals surface area (Å²) < 4.78 is 87.8. The number of ether oxygens (including phenoxy) is 3. The fourth-order valence-corrected chi connectivity index (χ4v) is 13.2. The van der Waals surface area contributed by atoms with Crippen molar-refractivity contribution in [3.8, 4) is 17.2 Å². The molecule has 336 valence electrons. The van der Waals surface area contributed by atoms with Crippen LogP contribution >= 0.6 is 58.1 Å². The van der Waals surface area contributed by atoms with Crippen LogP contribution in [-0.2, 0) is 40.8 Å². The number of thioether (sulfide) groups is 3. The molecule has 0 saturated carbocycles. The molecule has 0 fully saturated rings. The monoisotopic (exact) mass is 930 g/mol. The minimum absolute atomic E-state index is 0.0101. The second-order valence-electron chi connectivity index (χ2n) is 12.3. The zero-order valence-corrected chi connectivity index (χ0v) is 39.8.